The summed E-state index contributed by atoms with van der Waals surface area (Å²) in [5.41, 5.74) is 0.714. The van der Waals surface area contributed by atoms with E-state index < -0.39 is 5.97 Å². The molecule has 0 radical (unpaired) electrons. The molecule has 0 atom stereocenters. The molecule has 0 saturated heterocycles. The summed E-state index contributed by atoms with van der Waals surface area (Å²) < 4.78 is 4.94. The molecule has 0 aromatic carbocycles. The van der Waals surface area contributed by atoms with Crippen LogP contribution in [0.25, 0.3) is 6.08 Å². The number of carbonyl (C=O) groups excluding carboxylic acids is 2. The molecule has 0 saturated carbocycles. The van der Waals surface area contributed by atoms with Crippen LogP contribution in [-0.2, 0) is 16.0 Å². The Kier molecular flexibility index (Phi) is 5.41. The second-order valence-electron chi connectivity index (χ2n) is 4.28. The third kappa shape index (κ3) is 4.61. The molecule has 0 spiro atoms. The van der Waals surface area contributed by atoms with Crippen LogP contribution in [0.3, 0.4) is 0 Å². The number of hydrogen-bond donors (Lipinski definition) is 0. The van der Waals surface area contributed by atoms with Crippen molar-refractivity contribution >= 4 is 40.5 Å². The van der Waals surface area contributed by atoms with Gasteiger partial charge in [0.1, 0.15) is 0 Å². The molecule has 0 amide bonds. The molecule has 21 heavy (non-hydrogen) atoms. The minimum absolute atomic E-state index is 0.175. The summed E-state index contributed by atoms with van der Waals surface area (Å²) in [5, 5.41) is 2.78. The van der Waals surface area contributed by atoms with Gasteiger partial charge in [-0.05, 0) is 31.6 Å². The quantitative estimate of drug-likeness (QED) is 0.464. The van der Waals surface area contributed by atoms with Gasteiger partial charge >= 0.3 is 5.97 Å². The minimum atomic E-state index is -0.540. The average Bonchev–Trinajstić information content (AvgIpc) is 3.11. The van der Waals surface area contributed by atoms with Crippen molar-refractivity contribution in [3.05, 3.63) is 44.0 Å². The summed E-state index contributed by atoms with van der Waals surface area (Å²) in [7, 11) is 0. The van der Waals surface area contributed by atoms with Crippen LogP contribution in [0.5, 0.6) is 0 Å². The molecule has 6 heteroatoms. The molecular weight excluding hydrogens is 306 g/mol. The zero-order chi connectivity index (χ0) is 15.2. The first-order chi connectivity index (χ1) is 10.1. The van der Waals surface area contributed by atoms with E-state index >= 15 is 0 Å². The maximum Gasteiger partial charge on any atom is 0.331 e. The van der Waals surface area contributed by atoms with E-state index in [2.05, 4.69) is 4.98 Å². The highest BCUT2D eigenvalue weighted by molar-refractivity contribution is 7.14. The fourth-order valence-corrected chi connectivity index (χ4v) is 3.04. The Morgan fingerprint density at radius 3 is 2.81 bits per heavy atom. The van der Waals surface area contributed by atoms with Crippen molar-refractivity contribution in [1.82, 2.24) is 4.98 Å². The lowest BCUT2D eigenvalue weighted by Gasteiger charge is -1.99. The number of Topliss-reactive ketones (excluding diaryl/α,β-unsaturated/α-hetero) is 1. The first-order valence-corrected chi connectivity index (χ1v) is 8.17. The number of esters is 1. The van der Waals surface area contributed by atoms with Crippen molar-refractivity contribution in [2.45, 2.75) is 20.3 Å². The number of rotatable bonds is 6. The van der Waals surface area contributed by atoms with Gasteiger partial charge in [-0.15, -0.1) is 22.7 Å². The third-order valence-corrected chi connectivity index (χ3v) is 4.72. The van der Waals surface area contributed by atoms with Crippen molar-refractivity contribution in [3.63, 3.8) is 0 Å². The molecule has 4 nitrogen and oxygen atoms in total. The van der Waals surface area contributed by atoms with Crippen LogP contribution in [0, 0.1) is 6.92 Å². The number of ether oxygens (including phenoxy) is 1. The second kappa shape index (κ2) is 7.28. The Bertz CT molecular complexity index is 670. The van der Waals surface area contributed by atoms with Crippen LogP contribution in [0.2, 0.25) is 0 Å². The Morgan fingerprint density at radius 2 is 2.19 bits per heavy atom. The third-order valence-electron chi connectivity index (χ3n) is 2.66. The van der Waals surface area contributed by atoms with E-state index in [4.69, 9.17) is 4.74 Å². The van der Waals surface area contributed by atoms with Crippen molar-refractivity contribution < 1.29 is 14.3 Å². The van der Waals surface area contributed by atoms with E-state index in [0.29, 0.717) is 10.6 Å². The molecule has 2 rings (SSSR count). The molecular formula is C15H15NO3S2. The zero-order valence-electron chi connectivity index (χ0n) is 11.8. The molecule has 0 bridgehead atoms. The number of aryl methyl sites for hydroxylation is 2. The summed E-state index contributed by atoms with van der Waals surface area (Å²) in [5.74, 6) is -0.716. The first kappa shape index (κ1) is 15.6. The summed E-state index contributed by atoms with van der Waals surface area (Å²) in [6, 6.07) is 3.69. The molecule has 0 aliphatic carbocycles. The summed E-state index contributed by atoms with van der Waals surface area (Å²) in [4.78, 5) is 29.4. The number of ketones is 1. The maximum atomic E-state index is 11.9. The number of aromatic nitrogens is 1. The first-order valence-electron chi connectivity index (χ1n) is 6.47. The number of thiazole rings is 1. The van der Waals surface area contributed by atoms with Crippen LogP contribution in [0.4, 0.5) is 0 Å². The van der Waals surface area contributed by atoms with Crippen LogP contribution < -0.4 is 0 Å². The lowest BCUT2D eigenvalue weighted by molar-refractivity contribution is -0.136. The molecule has 2 heterocycles. The fraction of sp³-hybridized carbons (Fsp3) is 0.267. The molecule has 0 unspecified atom stereocenters. The fourth-order valence-electron chi connectivity index (χ4n) is 1.58. The van der Waals surface area contributed by atoms with Gasteiger partial charge in [-0.1, -0.05) is 6.92 Å². The van der Waals surface area contributed by atoms with Crippen molar-refractivity contribution in [2.24, 2.45) is 0 Å². The summed E-state index contributed by atoms with van der Waals surface area (Å²) >= 11 is 2.95. The van der Waals surface area contributed by atoms with Gasteiger partial charge < -0.3 is 4.74 Å². The van der Waals surface area contributed by atoms with Crippen LogP contribution in [-0.4, -0.2) is 23.3 Å². The van der Waals surface area contributed by atoms with Gasteiger partial charge in [-0.25, -0.2) is 9.78 Å². The SMILES string of the molecule is CCc1ccc(C(=O)COC(=O)/C=C/c2csc(C)n2)s1. The Hall–Kier alpha value is -1.79. The van der Waals surface area contributed by atoms with Crippen LogP contribution in [0.1, 0.15) is 32.2 Å². The van der Waals surface area contributed by atoms with Gasteiger partial charge in [0.15, 0.2) is 6.61 Å². The van der Waals surface area contributed by atoms with Gasteiger partial charge in [0, 0.05) is 16.3 Å². The van der Waals surface area contributed by atoms with E-state index in [0.717, 1.165) is 16.3 Å². The largest absolute Gasteiger partial charge is 0.454 e. The normalized spacial score (nSPS) is 11.0. The number of thiophene rings is 1. The Balaban J connectivity index is 1.83. The maximum absolute atomic E-state index is 11.9. The molecule has 2 aromatic rings. The molecule has 0 aliphatic rings. The predicted octanol–water partition coefficient (Wildman–Crippen LogP) is 3.51. The second-order valence-corrected chi connectivity index (χ2v) is 6.51. The van der Waals surface area contributed by atoms with Gasteiger partial charge in [-0.2, -0.15) is 0 Å². The molecule has 0 fully saturated rings. The Labute approximate surface area is 131 Å². The highest BCUT2D eigenvalue weighted by Gasteiger charge is 2.11. The smallest absolute Gasteiger partial charge is 0.331 e. The predicted molar refractivity (Wildman–Crippen MR) is 84.9 cm³/mol. The zero-order valence-corrected chi connectivity index (χ0v) is 13.4. The van der Waals surface area contributed by atoms with E-state index in [1.54, 1.807) is 12.1 Å². The molecule has 110 valence electrons. The highest BCUT2D eigenvalue weighted by atomic mass is 32.1. The molecule has 0 aliphatic heterocycles. The number of nitrogens with zero attached hydrogens (tertiary/aromatic N) is 1. The molecule has 2 aromatic heterocycles. The van der Waals surface area contributed by atoms with Gasteiger partial charge in [0.2, 0.25) is 5.78 Å². The summed E-state index contributed by atoms with van der Waals surface area (Å²) in [6.07, 6.45) is 3.76. The van der Waals surface area contributed by atoms with Crippen LogP contribution >= 0.6 is 22.7 Å². The van der Waals surface area contributed by atoms with Gasteiger partial charge in [0.25, 0.3) is 0 Å². The summed E-state index contributed by atoms with van der Waals surface area (Å²) in [6.45, 7) is 3.69. The monoisotopic (exact) mass is 321 g/mol. The average molecular weight is 321 g/mol. The van der Waals surface area contributed by atoms with Crippen molar-refractivity contribution in [3.8, 4) is 0 Å². The number of hydrogen-bond acceptors (Lipinski definition) is 6. The lowest BCUT2D eigenvalue weighted by atomic mass is 10.3. The van der Waals surface area contributed by atoms with Gasteiger partial charge in [-0.3, -0.25) is 4.79 Å². The van der Waals surface area contributed by atoms with Crippen molar-refractivity contribution in [1.29, 1.82) is 0 Å². The van der Waals surface area contributed by atoms with Crippen molar-refractivity contribution in [2.75, 3.05) is 6.61 Å². The highest BCUT2D eigenvalue weighted by Crippen LogP contribution is 2.17. The van der Waals surface area contributed by atoms with Crippen LogP contribution in [0.15, 0.2) is 23.6 Å². The lowest BCUT2D eigenvalue weighted by Crippen LogP contribution is -2.11. The molecule has 0 N–H and O–H groups in total. The van der Waals surface area contributed by atoms with E-state index in [9.17, 15) is 9.59 Å². The van der Waals surface area contributed by atoms with Gasteiger partial charge in [0.05, 0.1) is 15.6 Å². The van der Waals surface area contributed by atoms with E-state index in [1.807, 2.05) is 25.3 Å². The number of carbonyl (C=O) groups is 2. The van der Waals surface area contributed by atoms with E-state index in [-0.39, 0.29) is 12.4 Å². The standard InChI is InChI=1S/C15H15NO3S2/c1-3-12-5-6-14(21-12)13(17)8-19-15(18)7-4-11-9-20-10(2)16-11/h4-7,9H,3,8H2,1-2H3/b7-4+. The topological polar surface area (TPSA) is 56.3 Å². The van der Waals surface area contributed by atoms with E-state index in [1.165, 1.54) is 28.7 Å². The Morgan fingerprint density at radius 1 is 1.38 bits per heavy atom. The minimum Gasteiger partial charge on any atom is -0.454 e.